The van der Waals surface area contributed by atoms with Crippen LogP contribution in [0.2, 0.25) is 0 Å². The van der Waals surface area contributed by atoms with Crippen LogP contribution in [-0.2, 0) is 11.2 Å². The van der Waals surface area contributed by atoms with E-state index >= 15 is 0 Å². The molecule has 2 aromatic rings. The predicted molar refractivity (Wildman–Crippen MR) is 69.9 cm³/mol. The summed E-state index contributed by atoms with van der Waals surface area (Å²) in [4.78, 5) is 15.1. The van der Waals surface area contributed by atoms with E-state index in [1.54, 1.807) is 0 Å². The first kappa shape index (κ1) is 12.2. The maximum absolute atomic E-state index is 11.0. The molecule has 0 unspecified atom stereocenters. The number of nitrogens with zero attached hydrogens (tertiary/aromatic N) is 1. The first-order valence-corrected chi connectivity index (χ1v) is 6.46. The van der Waals surface area contributed by atoms with Gasteiger partial charge in [-0.15, -0.1) is 0 Å². The lowest BCUT2D eigenvalue weighted by atomic mass is 10.1. The van der Waals surface area contributed by atoms with Crippen molar-refractivity contribution in [3.05, 3.63) is 30.2 Å². The minimum atomic E-state index is -0.678. The smallest absolute Gasteiger partial charge is 0.310 e. The Morgan fingerprint density at radius 3 is 3.05 bits per heavy atom. The maximum atomic E-state index is 11.0. The number of rotatable bonds is 6. The lowest BCUT2D eigenvalue weighted by Crippen LogP contribution is -2.31. The van der Waals surface area contributed by atoms with Crippen molar-refractivity contribution < 1.29 is 14.3 Å². The normalized spacial score (nSPS) is 16.6. The molecule has 3 rings (SSSR count). The zero-order chi connectivity index (χ0) is 13.3. The number of carbonyl (C=O) groups is 1. The molecule has 1 aliphatic carbocycles. The lowest BCUT2D eigenvalue weighted by molar-refractivity contribution is -0.143. The average Bonchev–Trinajstić information content (AvgIpc) is 3.05. The highest BCUT2D eigenvalue weighted by Crippen LogP contribution is 2.45. The van der Waals surface area contributed by atoms with Crippen molar-refractivity contribution in [3.8, 4) is 0 Å². The Balaban J connectivity index is 1.51. The molecule has 5 heteroatoms. The molecule has 0 amide bonds. The fraction of sp³-hybridized carbons (Fsp3) is 0.429. The second-order valence-corrected chi connectivity index (χ2v) is 5.17. The van der Waals surface area contributed by atoms with Crippen molar-refractivity contribution in [3.63, 3.8) is 0 Å². The lowest BCUT2D eigenvalue weighted by Gasteiger charge is -2.10. The van der Waals surface area contributed by atoms with E-state index in [2.05, 4.69) is 10.3 Å². The average molecular weight is 260 g/mol. The Hall–Kier alpha value is -1.88. The summed E-state index contributed by atoms with van der Waals surface area (Å²) >= 11 is 0. The van der Waals surface area contributed by atoms with Crippen molar-refractivity contribution in [2.24, 2.45) is 5.41 Å². The van der Waals surface area contributed by atoms with Crippen LogP contribution in [0.5, 0.6) is 0 Å². The van der Waals surface area contributed by atoms with E-state index in [4.69, 9.17) is 9.52 Å². The third kappa shape index (κ3) is 2.46. The van der Waals surface area contributed by atoms with Gasteiger partial charge in [0.2, 0.25) is 0 Å². The summed E-state index contributed by atoms with van der Waals surface area (Å²) in [6, 6.07) is 5.94. The van der Waals surface area contributed by atoms with Crippen molar-refractivity contribution >= 4 is 17.1 Å². The third-order valence-corrected chi connectivity index (χ3v) is 3.76. The number of oxazole rings is 1. The van der Waals surface area contributed by atoms with Gasteiger partial charge in [0.25, 0.3) is 0 Å². The Morgan fingerprint density at radius 1 is 1.47 bits per heavy atom. The van der Waals surface area contributed by atoms with Gasteiger partial charge in [-0.3, -0.25) is 4.79 Å². The number of benzene rings is 1. The highest BCUT2D eigenvalue weighted by Gasteiger charge is 2.49. The molecule has 0 bridgehead atoms. The fourth-order valence-electron chi connectivity index (χ4n) is 2.23. The summed E-state index contributed by atoms with van der Waals surface area (Å²) < 4.78 is 5.25. The molecule has 19 heavy (non-hydrogen) atoms. The van der Waals surface area contributed by atoms with Gasteiger partial charge in [0.05, 0.1) is 5.41 Å². The summed E-state index contributed by atoms with van der Waals surface area (Å²) in [5.74, 6) is -0.678. The van der Waals surface area contributed by atoms with Gasteiger partial charge in [-0.05, 0) is 43.5 Å². The van der Waals surface area contributed by atoms with E-state index in [-0.39, 0.29) is 0 Å². The molecule has 1 fully saturated rings. The van der Waals surface area contributed by atoms with E-state index in [1.807, 2.05) is 18.2 Å². The van der Waals surface area contributed by atoms with Gasteiger partial charge in [-0.25, -0.2) is 4.98 Å². The van der Waals surface area contributed by atoms with Gasteiger partial charge in [0.15, 0.2) is 12.0 Å². The second-order valence-electron chi connectivity index (χ2n) is 5.17. The number of carboxylic acid groups (broad SMARTS) is 1. The van der Waals surface area contributed by atoms with Crippen LogP contribution in [0.3, 0.4) is 0 Å². The number of aromatic nitrogens is 1. The van der Waals surface area contributed by atoms with Crippen molar-refractivity contribution in [2.75, 3.05) is 13.1 Å². The van der Waals surface area contributed by atoms with Crippen LogP contribution in [0.15, 0.2) is 29.0 Å². The van der Waals surface area contributed by atoms with Crippen molar-refractivity contribution in [2.45, 2.75) is 19.3 Å². The molecule has 1 aromatic carbocycles. The zero-order valence-corrected chi connectivity index (χ0v) is 10.6. The van der Waals surface area contributed by atoms with Gasteiger partial charge >= 0.3 is 5.97 Å². The number of fused-ring (bicyclic) bond motifs is 1. The largest absolute Gasteiger partial charge is 0.481 e. The molecule has 1 heterocycles. The van der Waals surface area contributed by atoms with E-state index in [0.29, 0.717) is 6.54 Å². The monoisotopic (exact) mass is 260 g/mol. The molecule has 1 aromatic heterocycles. The highest BCUT2D eigenvalue weighted by atomic mass is 16.4. The summed E-state index contributed by atoms with van der Waals surface area (Å²) in [7, 11) is 0. The number of carboxylic acids is 1. The third-order valence-electron chi connectivity index (χ3n) is 3.76. The van der Waals surface area contributed by atoms with Crippen LogP contribution in [0.1, 0.15) is 18.4 Å². The van der Waals surface area contributed by atoms with Crippen LogP contribution >= 0.6 is 0 Å². The summed E-state index contributed by atoms with van der Waals surface area (Å²) in [5.41, 5.74) is 2.33. The fourth-order valence-corrected chi connectivity index (χ4v) is 2.23. The van der Waals surface area contributed by atoms with E-state index in [9.17, 15) is 4.79 Å². The summed E-state index contributed by atoms with van der Waals surface area (Å²) in [6.45, 7) is 1.33. The molecule has 0 radical (unpaired) electrons. The van der Waals surface area contributed by atoms with Crippen LogP contribution in [0.4, 0.5) is 0 Å². The molecule has 0 atom stereocenters. The standard InChI is InChI=1S/C14H16N2O3/c17-13(18)14(4-5-14)8-15-6-3-10-1-2-11-12(7-10)19-9-16-11/h1-2,7,9,15H,3-6,8H2,(H,17,18). The van der Waals surface area contributed by atoms with Gasteiger partial charge in [-0.2, -0.15) is 0 Å². The second kappa shape index (κ2) is 4.66. The highest BCUT2D eigenvalue weighted by molar-refractivity contribution is 5.78. The molecular formula is C14H16N2O3. The van der Waals surface area contributed by atoms with Crippen molar-refractivity contribution in [1.82, 2.24) is 10.3 Å². The van der Waals surface area contributed by atoms with Gasteiger partial charge in [-0.1, -0.05) is 6.07 Å². The number of hydrogen-bond acceptors (Lipinski definition) is 4. The van der Waals surface area contributed by atoms with Crippen LogP contribution < -0.4 is 5.32 Å². The van der Waals surface area contributed by atoms with Crippen LogP contribution in [0.25, 0.3) is 11.1 Å². The van der Waals surface area contributed by atoms with Gasteiger partial charge < -0.3 is 14.8 Å². The first-order valence-electron chi connectivity index (χ1n) is 6.46. The molecule has 5 nitrogen and oxygen atoms in total. The molecule has 1 saturated carbocycles. The topological polar surface area (TPSA) is 75.4 Å². The van der Waals surface area contributed by atoms with Gasteiger partial charge in [0, 0.05) is 6.54 Å². The zero-order valence-electron chi connectivity index (χ0n) is 10.6. The molecule has 0 spiro atoms. The van der Waals surface area contributed by atoms with Crippen molar-refractivity contribution in [1.29, 1.82) is 0 Å². The SMILES string of the molecule is O=C(O)C1(CNCCc2ccc3ncoc3c2)CC1. The van der Waals surface area contributed by atoms with E-state index in [1.165, 1.54) is 6.39 Å². The van der Waals surface area contributed by atoms with Crippen LogP contribution in [0, 0.1) is 5.41 Å². The number of hydrogen-bond donors (Lipinski definition) is 2. The number of aliphatic carboxylic acids is 1. The Labute approximate surface area is 110 Å². The molecule has 0 saturated heterocycles. The molecule has 2 N–H and O–H groups in total. The molecule has 1 aliphatic rings. The number of nitrogens with one attached hydrogen (secondary N) is 1. The molecule has 0 aliphatic heterocycles. The minimum absolute atomic E-state index is 0.491. The minimum Gasteiger partial charge on any atom is -0.481 e. The van der Waals surface area contributed by atoms with Crippen LogP contribution in [-0.4, -0.2) is 29.1 Å². The van der Waals surface area contributed by atoms with E-state index in [0.717, 1.165) is 42.5 Å². The summed E-state index contributed by atoms with van der Waals surface area (Å²) in [6.07, 6.45) is 3.88. The molecule has 100 valence electrons. The predicted octanol–water partition coefficient (Wildman–Crippen LogP) is 1.82. The first-order chi connectivity index (χ1) is 9.20. The molecular weight excluding hydrogens is 244 g/mol. The quantitative estimate of drug-likeness (QED) is 0.775. The summed E-state index contributed by atoms with van der Waals surface area (Å²) in [5, 5.41) is 12.3. The maximum Gasteiger partial charge on any atom is 0.310 e. The Kier molecular flexibility index (Phi) is 2.98. The van der Waals surface area contributed by atoms with E-state index < -0.39 is 11.4 Å². The van der Waals surface area contributed by atoms with Gasteiger partial charge in [0.1, 0.15) is 5.52 Å². The Morgan fingerprint density at radius 2 is 2.32 bits per heavy atom. The Bertz CT molecular complexity index is 602.